The van der Waals surface area contributed by atoms with Crippen molar-refractivity contribution in [3.05, 3.63) is 59.7 Å². The highest BCUT2D eigenvalue weighted by atomic mass is 16.6. The second-order valence-corrected chi connectivity index (χ2v) is 5.62. The van der Waals surface area contributed by atoms with Gasteiger partial charge in [-0.3, -0.25) is 5.32 Å². The Labute approximate surface area is 145 Å². The summed E-state index contributed by atoms with van der Waals surface area (Å²) in [6.45, 7) is 1.83. The summed E-state index contributed by atoms with van der Waals surface area (Å²) in [5.41, 5.74) is 4.42. The molecule has 1 aliphatic carbocycles. The molecule has 0 bridgehead atoms. The van der Waals surface area contributed by atoms with Crippen LogP contribution in [0.15, 0.2) is 48.5 Å². The number of aliphatic hydroxyl groups is 1. The smallest absolute Gasteiger partial charge is 0.409 e. The molecule has 0 saturated carbocycles. The zero-order chi connectivity index (χ0) is 17.8. The first kappa shape index (κ1) is 17.0. The van der Waals surface area contributed by atoms with Crippen molar-refractivity contribution >= 4 is 12.1 Å². The predicted octanol–water partition coefficient (Wildman–Crippen LogP) is 2.41. The minimum Gasteiger partial charge on any atom is -0.463 e. The number of esters is 1. The second-order valence-electron chi connectivity index (χ2n) is 5.62. The van der Waals surface area contributed by atoms with Crippen molar-refractivity contribution in [3.8, 4) is 11.1 Å². The highest BCUT2D eigenvalue weighted by Gasteiger charge is 2.29. The molecule has 3 rings (SSSR count). The molecule has 1 aliphatic rings. The highest BCUT2D eigenvalue weighted by Crippen LogP contribution is 2.44. The van der Waals surface area contributed by atoms with Gasteiger partial charge in [0.2, 0.25) is 6.23 Å². The second kappa shape index (κ2) is 7.36. The Bertz CT molecular complexity index is 743. The number of hydrogen-bond donors (Lipinski definition) is 2. The van der Waals surface area contributed by atoms with Crippen LogP contribution in [0.5, 0.6) is 0 Å². The quantitative estimate of drug-likeness (QED) is 0.644. The molecule has 2 N–H and O–H groups in total. The largest absolute Gasteiger partial charge is 0.463 e. The van der Waals surface area contributed by atoms with E-state index in [1.54, 1.807) is 6.92 Å². The minimum absolute atomic E-state index is 0.0853. The third-order valence-electron chi connectivity index (χ3n) is 4.11. The lowest BCUT2D eigenvalue weighted by molar-refractivity contribution is -0.154. The lowest BCUT2D eigenvalue weighted by atomic mass is 9.98. The van der Waals surface area contributed by atoms with E-state index in [-0.39, 0.29) is 19.1 Å². The number of benzene rings is 2. The maximum absolute atomic E-state index is 11.8. The van der Waals surface area contributed by atoms with Gasteiger partial charge in [0, 0.05) is 5.92 Å². The molecule has 0 saturated heterocycles. The monoisotopic (exact) mass is 341 g/mol. The zero-order valence-electron chi connectivity index (χ0n) is 13.8. The molecule has 25 heavy (non-hydrogen) atoms. The van der Waals surface area contributed by atoms with Gasteiger partial charge in [-0.1, -0.05) is 48.5 Å². The maximum Gasteiger partial charge on any atom is 0.409 e. The molecule has 0 aliphatic heterocycles. The van der Waals surface area contributed by atoms with Gasteiger partial charge in [0.15, 0.2) is 0 Å². The molecule has 2 aromatic carbocycles. The van der Waals surface area contributed by atoms with Gasteiger partial charge in [-0.25, -0.2) is 9.59 Å². The third-order valence-corrected chi connectivity index (χ3v) is 4.11. The van der Waals surface area contributed by atoms with E-state index in [9.17, 15) is 14.7 Å². The molecule has 0 heterocycles. The summed E-state index contributed by atoms with van der Waals surface area (Å²) in [7, 11) is 0. The molecule has 1 amide bonds. The van der Waals surface area contributed by atoms with Crippen LogP contribution in [0, 0.1) is 0 Å². The van der Waals surface area contributed by atoms with Crippen molar-refractivity contribution in [1.29, 1.82) is 0 Å². The molecule has 0 fully saturated rings. The lowest BCUT2D eigenvalue weighted by Crippen LogP contribution is -2.42. The Morgan fingerprint density at radius 2 is 1.60 bits per heavy atom. The van der Waals surface area contributed by atoms with E-state index in [1.807, 2.05) is 48.5 Å². The van der Waals surface area contributed by atoms with Crippen LogP contribution in [-0.4, -0.2) is 36.6 Å². The minimum atomic E-state index is -1.74. The summed E-state index contributed by atoms with van der Waals surface area (Å²) >= 11 is 0. The summed E-state index contributed by atoms with van der Waals surface area (Å²) < 4.78 is 9.84. The predicted molar refractivity (Wildman–Crippen MR) is 90.8 cm³/mol. The topological polar surface area (TPSA) is 84.9 Å². The van der Waals surface area contributed by atoms with E-state index in [2.05, 4.69) is 10.1 Å². The molecule has 2 aromatic rings. The van der Waals surface area contributed by atoms with Crippen LogP contribution in [-0.2, 0) is 14.3 Å². The number of aliphatic hydroxyl groups excluding tert-OH is 1. The molecular formula is C19H19NO5. The Hall–Kier alpha value is -2.86. The van der Waals surface area contributed by atoms with E-state index < -0.39 is 18.3 Å². The number of alkyl carbamates (subject to hydrolysis) is 1. The standard InChI is InChI=1S/C19H19NO5/c1-2-24-18(22)17(21)20-19(23)25-11-16-14-9-5-3-7-12(14)13-8-4-6-10-15(13)16/h3-10,16-17,21H,2,11H2,1H3,(H,20,23). The summed E-state index contributed by atoms with van der Waals surface area (Å²) in [6, 6.07) is 15.9. The average molecular weight is 341 g/mol. The first-order chi connectivity index (χ1) is 12.1. The summed E-state index contributed by atoms with van der Waals surface area (Å²) in [5.74, 6) is -1.01. The number of amides is 1. The fourth-order valence-corrected chi connectivity index (χ4v) is 3.03. The average Bonchev–Trinajstić information content (AvgIpc) is 2.94. The fraction of sp³-hybridized carbons (Fsp3) is 0.263. The van der Waals surface area contributed by atoms with E-state index in [1.165, 1.54) is 0 Å². The first-order valence-electron chi connectivity index (χ1n) is 8.08. The number of hydrogen-bond acceptors (Lipinski definition) is 5. The van der Waals surface area contributed by atoms with Crippen LogP contribution in [0.3, 0.4) is 0 Å². The Morgan fingerprint density at radius 1 is 1.04 bits per heavy atom. The fourth-order valence-electron chi connectivity index (χ4n) is 3.03. The van der Waals surface area contributed by atoms with Crippen LogP contribution in [0.2, 0.25) is 0 Å². The van der Waals surface area contributed by atoms with Crippen LogP contribution >= 0.6 is 0 Å². The van der Waals surface area contributed by atoms with Gasteiger partial charge in [-0.2, -0.15) is 0 Å². The Balaban J connectivity index is 1.67. The van der Waals surface area contributed by atoms with Crippen LogP contribution in [0.1, 0.15) is 24.0 Å². The highest BCUT2D eigenvalue weighted by molar-refractivity contribution is 5.80. The molecule has 0 aromatic heterocycles. The van der Waals surface area contributed by atoms with E-state index in [4.69, 9.17) is 4.74 Å². The summed E-state index contributed by atoms with van der Waals surface area (Å²) in [5, 5.41) is 11.6. The number of carbonyl (C=O) groups excluding carboxylic acids is 2. The zero-order valence-corrected chi connectivity index (χ0v) is 13.8. The molecule has 0 radical (unpaired) electrons. The first-order valence-corrected chi connectivity index (χ1v) is 8.08. The van der Waals surface area contributed by atoms with Crippen molar-refractivity contribution in [2.24, 2.45) is 0 Å². The van der Waals surface area contributed by atoms with Crippen molar-refractivity contribution in [2.45, 2.75) is 19.1 Å². The SMILES string of the molecule is CCOC(=O)C(O)NC(=O)OCC1c2ccccc2-c2ccccc21. The maximum atomic E-state index is 11.8. The molecule has 0 spiro atoms. The lowest BCUT2D eigenvalue weighted by Gasteiger charge is -2.16. The van der Waals surface area contributed by atoms with Crippen molar-refractivity contribution in [1.82, 2.24) is 5.32 Å². The van der Waals surface area contributed by atoms with E-state index in [0.717, 1.165) is 22.3 Å². The van der Waals surface area contributed by atoms with Crippen LogP contribution < -0.4 is 5.32 Å². The summed E-state index contributed by atoms with van der Waals surface area (Å²) in [4.78, 5) is 23.2. The van der Waals surface area contributed by atoms with Gasteiger partial charge in [-0.05, 0) is 29.2 Å². The van der Waals surface area contributed by atoms with Crippen LogP contribution in [0.25, 0.3) is 11.1 Å². The van der Waals surface area contributed by atoms with E-state index >= 15 is 0 Å². The molecule has 130 valence electrons. The molecule has 1 unspecified atom stereocenters. The summed E-state index contributed by atoms with van der Waals surface area (Å²) in [6.07, 6.45) is -2.61. The molecule has 1 atom stereocenters. The number of ether oxygens (including phenoxy) is 2. The third kappa shape index (κ3) is 3.49. The number of nitrogens with one attached hydrogen (secondary N) is 1. The molecular weight excluding hydrogens is 322 g/mol. The number of rotatable bonds is 5. The van der Waals surface area contributed by atoms with E-state index in [0.29, 0.717) is 0 Å². The van der Waals surface area contributed by atoms with Crippen molar-refractivity contribution < 1.29 is 24.2 Å². The number of carbonyl (C=O) groups is 2. The van der Waals surface area contributed by atoms with Gasteiger partial charge in [0.25, 0.3) is 0 Å². The van der Waals surface area contributed by atoms with Crippen molar-refractivity contribution in [2.75, 3.05) is 13.2 Å². The van der Waals surface area contributed by atoms with Gasteiger partial charge in [0.1, 0.15) is 6.61 Å². The normalized spacial score (nSPS) is 13.5. The molecule has 6 heteroatoms. The van der Waals surface area contributed by atoms with Gasteiger partial charge < -0.3 is 14.6 Å². The van der Waals surface area contributed by atoms with Crippen molar-refractivity contribution in [3.63, 3.8) is 0 Å². The van der Waals surface area contributed by atoms with Crippen LogP contribution in [0.4, 0.5) is 4.79 Å². The van der Waals surface area contributed by atoms with Gasteiger partial charge in [-0.15, -0.1) is 0 Å². The molecule has 6 nitrogen and oxygen atoms in total. The Kier molecular flexibility index (Phi) is 5.00. The van der Waals surface area contributed by atoms with Gasteiger partial charge in [0.05, 0.1) is 6.61 Å². The van der Waals surface area contributed by atoms with Gasteiger partial charge >= 0.3 is 12.1 Å². The number of fused-ring (bicyclic) bond motifs is 3. The Morgan fingerprint density at radius 3 is 2.16 bits per heavy atom.